The molecule has 0 saturated carbocycles. The first-order valence-electron chi connectivity index (χ1n) is 7.57. The summed E-state index contributed by atoms with van der Waals surface area (Å²) in [6.45, 7) is 0.508. The van der Waals surface area contributed by atoms with Gasteiger partial charge in [-0.1, -0.05) is 18.2 Å². The third kappa shape index (κ3) is 3.41. The van der Waals surface area contributed by atoms with Gasteiger partial charge in [0.15, 0.2) is 9.84 Å². The zero-order valence-electron chi connectivity index (χ0n) is 12.9. The Labute approximate surface area is 140 Å². The van der Waals surface area contributed by atoms with Gasteiger partial charge in [0.25, 0.3) is 0 Å². The van der Waals surface area contributed by atoms with E-state index in [0.29, 0.717) is 18.7 Å². The minimum Gasteiger partial charge on any atom is -0.323 e. The Morgan fingerprint density at radius 2 is 1.75 bits per heavy atom. The molecule has 1 atom stereocenters. The molecule has 1 heterocycles. The van der Waals surface area contributed by atoms with Crippen LogP contribution < -0.4 is 5.32 Å². The van der Waals surface area contributed by atoms with Crippen molar-refractivity contribution in [3.05, 3.63) is 60.4 Å². The molecule has 0 aromatic heterocycles. The van der Waals surface area contributed by atoms with E-state index in [1.807, 2.05) is 0 Å². The zero-order chi connectivity index (χ0) is 17.2. The van der Waals surface area contributed by atoms with Crippen LogP contribution in [-0.2, 0) is 9.84 Å². The maximum Gasteiger partial charge on any atom is 0.321 e. The van der Waals surface area contributed by atoms with Gasteiger partial charge in [0, 0.05) is 18.8 Å². The Morgan fingerprint density at radius 1 is 1.08 bits per heavy atom. The predicted molar refractivity (Wildman–Crippen MR) is 89.0 cm³/mol. The van der Waals surface area contributed by atoms with Gasteiger partial charge in [-0.05, 0) is 42.8 Å². The molecule has 0 bridgehead atoms. The molecule has 126 valence electrons. The molecule has 1 fully saturated rings. The molecule has 1 aliphatic rings. The Morgan fingerprint density at radius 3 is 2.42 bits per heavy atom. The van der Waals surface area contributed by atoms with Crippen LogP contribution in [0, 0.1) is 5.82 Å². The smallest absolute Gasteiger partial charge is 0.321 e. The largest absolute Gasteiger partial charge is 0.323 e. The number of anilines is 1. The number of amides is 2. The molecule has 2 amide bonds. The van der Waals surface area contributed by atoms with E-state index in [4.69, 9.17) is 0 Å². The van der Waals surface area contributed by atoms with Crippen molar-refractivity contribution >= 4 is 21.6 Å². The van der Waals surface area contributed by atoms with Crippen molar-refractivity contribution in [2.45, 2.75) is 16.6 Å². The molecule has 5 nitrogen and oxygen atoms in total. The summed E-state index contributed by atoms with van der Waals surface area (Å²) >= 11 is 0. The predicted octanol–water partition coefficient (Wildman–Crippen LogP) is 2.91. The number of carbonyl (C=O) groups is 1. The van der Waals surface area contributed by atoms with E-state index in [-0.39, 0.29) is 23.3 Å². The van der Waals surface area contributed by atoms with Crippen molar-refractivity contribution in [3.63, 3.8) is 0 Å². The third-order valence-electron chi connectivity index (χ3n) is 4.04. The van der Waals surface area contributed by atoms with Crippen LogP contribution in [-0.4, -0.2) is 37.7 Å². The maximum atomic E-state index is 12.9. The number of halogens is 1. The minimum atomic E-state index is -3.45. The summed E-state index contributed by atoms with van der Waals surface area (Å²) in [5.74, 6) is -0.386. The fourth-order valence-electron chi connectivity index (χ4n) is 2.70. The summed E-state index contributed by atoms with van der Waals surface area (Å²) in [5, 5.41) is 2.04. The normalized spacial score (nSPS) is 17.7. The Bertz CT molecular complexity index is 823. The topological polar surface area (TPSA) is 66.5 Å². The second kappa shape index (κ2) is 6.60. The van der Waals surface area contributed by atoms with Crippen LogP contribution in [0.1, 0.15) is 6.42 Å². The lowest BCUT2D eigenvalue weighted by Crippen LogP contribution is -2.35. The van der Waals surface area contributed by atoms with Gasteiger partial charge in [-0.25, -0.2) is 17.6 Å². The van der Waals surface area contributed by atoms with Gasteiger partial charge in [0.2, 0.25) is 0 Å². The molecule has 1 aliphatic heterocycles. The molecule has 0 spiro atoms. The van der Waals surface area contributed by atoms with E-state index < -0.39 is 15.1 Å². The van der Waals surface area contributed by atoms with Gasteiger partial charge >= 0.3 is 6.03 Å². The van der Waals surface area contributed by atoms with E-state index in [1.165, 1.54) is 29.2 Å². The fraction of sp³-hybridized carbons (Fsp3) is 0.235. The lowest BCUT2D eigenvalue weighted by molar-refractivity contribution is 0.222. The molecular weight excluding hydrogens is 331 g/mol. The molecule has 1 N–H and O–H groups in total. The highest BCUT2D eigenvalue weighted by molar-refractivity contribution is 7.92. The number of nitrogens with one attached hydrogen (secondary N) is 1. The molecule has 2 aromatic rings. The Hall–Kier alpha value is -2.41. The number of rotatable bonds is 3. The quantitative estimate of drug-likeness (QED) is 0.927. The molecule has 2 aromatic carbocycles. The van der Waals surface area contributed by atoms with E-state index in [9.17, 15) is 17.6 Å². The van der Waals surface area contributed by atoms with Crippen LogP contribution in [0.5, 0.6) is 0 Å². The zero-order valence-corrected chi connectivity index (χ0v) is 13.7. The lowest BCUT2D eigenvalue weighted by Gasteiger charge is -2.17. The highest BCUT2D eigenvalue weighted by Gasteiger charge is 2.36. The van der Waals surface area contributed by atoms with Crippen LogP contribution >= 0.6 is 0 Å². The molecule has 1 saturated heterocycles. The van der Waals surface area contributed by atoms with Crippen LogP contribution in [0.25, 0.3) is 0 Å². The second-order valence-corrected chi connectivity index (χ2v) is 7.88. The first-order valence-corrected chi connectivity index (χ1v) is 9.12. The summed E-state index contributed by atoms with van der Waals surface area (Å²) in [4.78, 5) is 14.0. The maximum absolute atomic E-state index is 12.9. The van der Waals surface area contributed by atoms with Crippen LogP contribution in [0.15, 0.2) is 59.5 Å². The highest BCUT2D eigenvalue weighted by atomic mass is 32.2. The summed E-state index contributed by atoms with van der Waals surface area (Å²) < 4.78 is 38.1. The second-order valence-electron chi connectivity index (χ2n) is 5.65. The summed E-state index contributed by atoms with van der Waals surface area (Å²) in [6, 6.07) is 13.3. The minimum absolute atomic E-state index is 0.143. The van der Waals surface area contributed by atoms with Crippen LogP contribution in [0.2, 0.25) is 0 Å². The van der Waals surface area contributed by atoms with Crippen LogP contribution in [0.4, 0.5) is 14.9 Å². The number of hydrogen-bond acceptors (Lipinski definition) is 3. The number of hydrogen-bond donors (Lipinski definition) is 1. The van der Waals surface area contributed by atoms with Crippen molar-refractivity contribution in [2.75, 3.05) is 18.4 Å². The monoisotopic (exact) mass is 348 g/mol. The molecular formula is C17H17FN2O3S. The average Bonchev–Trinajstić information content (AvgIpc) is 3.09. The van der Waals surface area contributed by atoms with Gasteiger partial charge in [-0.2, -0.15) is 0 Å². The van der Waals surface area contributed by atoms with Gasteiger partial charge in [0.05, 0.1) is 10.1 Å². The number of benzene rings is 2. The molecule has 0 radical (unpaired) electrons. The van der Waals surface area contributed by atoms with E-state index in [0.717, 1.165) is 0 Å². The number of nitrogens with zero attached hydrogens (tertiary/aromatic N) is 1. The standard InChI is InChI=1S/C17H17FN2O3S/c18-13-6-8-14(9-7-13)19-17(21)20-11-10-16(12-20)24(22,23)15-4-2-1-3-5-15/h1-9,16H,10-12H2,(H,19,21)/t16-/m0/s1. The van der Waals surface area contributed by atoms with Crippen LogP contribution in [0.3, 0.4) is 0 Å². The Balaban J connectivity index is 1.66. The molecule has 0 unspecified atom stereocenters. The van der Waals surface area contributed by atoms with Gasteiger partial charge in [-0.15, -0.1) is 0 Å². The van der Waals surface area contributed by atoms with Crippen molar-refractivity contribution in [3.8, 4) is 0 Å². The van der Waals surface area contributed by atoms with E-state index in [1.54, 1.807) is 30.3 Å². The molecule has 7 heteroatoms. The summed E-state index contributed by atoms with van der Waals surface area (Å²) in [7, 11) is -3.45. The SMILES string of the molecule is O=C(Nc1ccc(F)cc1)N1CC[C@H](S(=O)(=O)c2ccccc2)C1. The van der Waals surface area contributed by atoms with Gasteiger partial charge < -0.3 is 10.2 Å². The van der Waals surface area contributed by atoms with Crippen molar-refractivity contribution in [1.29, 1.82) is 0 Å². The first-order chi connectivity index (χ1) is 11.5. The average molecular weight is 348 g/mol. The summed E-state index contributed by atoms with van der Waals surface area (Å²) in [6.07, 6.45) is 0.397. The highest BCUT2D eigenvalue weighted by Crippen LogP contribution is 2.24. The number of urea groups is 1. The fourth-order valence-corrected chi connectivity index (χ4v) is 4.42. The number of sulfone groups is 1. The van der Waals surface area contributed by atoms with Crippen molar-refractivity contribution < 1.29 is 17.6 Å². The van der Waals surface area contributed by atoms with Crippen molar-refractivity contribution in [2.24, 2.45) is 0 Å². The van der Waals surface area contributed by atoms with E-state index in [2.05, 4.69) is 5.32 Å². The van der Waals surface area contributed by atoms with Gasteiger partial charge in [-0.3, -0.25) is 0 Å². The van der Waals surface area contributed by atoms with Gasteiger partial charge in [0.1, 0.15) is 5.82 Å². The third-order valence-corrected chi connectivity index (χ3v) is 6.23. The number of likely N-dealkylation sites (tertiary alicyclic amines) is 1. The summed E-state index contributed by atoms with van der Waals surface area (Å²) in [5.41, 5.74) is 0.468. The molecule has 0 aliphatic carbocycles. The number of carbonyl (C=O) groups excluding carboxylic acids is 1. The first kappa shape index (κ1) is 16.4. The molecule has 24 heavy (non-hydrogen) atoms. The van der Waals surface area contributed by atoms with Crippen molar-refractivity contribution in [1.82, 2.24) is 4.90 Å². The lowest BCUT2D eigenvalue weighted by atomic mass is 10.3. The van der Waals surface area contributed by atoms with E-state index >= 15 is 0 Å². The molecule has 3 rings (SSSR count). The Kier molecular flexibility index (Phi) is 4.53.